The quantitative estimate of drug-likeness (QED) is 0.540. The van der Waals surface area contributed by atoms with Crippen molar-refractivity contribution in [3.05, 3.63) is 59.7 Å². The van der Waals surface area contributed by atoms with E-state index in [0.717, 1.165) is 22.6 Å². The maximum absolute atomic E-state index is 13.5. The van der Waals surface area contributed by atoms with Crippen molar-refractivity contribution >= 4 is 38.7 Å². The molecule has 0 radical (unpaired) electrons. The first-order valence-corrected chi connectivity index (χ1v) is 13.0. The lowest BCUT2D eigenvalue weighted by Crippen LogP contribution is -2.56. The molecule has 1 N–H and O–H groups in total. The topological polar surface area (TPSA) is 74.8 Å². The molecule has 1 aliphatic rings. The zero-order valence-corrected chi connectivity index (χ0v) is 21.7. The van der Waals surface area contributed by atoms with Gasteiger partial charge < -0.3 is 19.9 Å². The summed E-state index contributed by atoms with van der Waals surface area (Å²) in [4.78, 5) is 34.9. The third kappa shape index (κ3) is 6.51. The Labute approximate surface area is 211 Å². The molecule has 2 aromatic carbocycles. The van der Waals surface area contributed by atoms with Crippen molar-refractivity contribution in [3.63, 3.8) is 0 Å². The molecule has 0 spiro atoms. The van der Waals surface area contributed by atoms with Crippen LogP contribution in [0.5, 0.6) is 0 Å². The fraction of sp³-hybridized carbons (Fsp3) is 0.444. The summed E-state index contributed by atoms with van der Waals surface area (Å²) in [5.41, 5.74) is 2.68. The highest BCUT2D eigenvalue weighted by Crippen LogP contribution is 2.30. The Kier molecular flexibility index (Phi) is 7.60. The number of hydrogen-bond acceptors (Lipinski definition) is 6. The number of alkyl carbamates (subject to hydrolysis) is 1. The number of benzene rings is 2. The maximum atomic E-state index is 13.5. The van der Waals surface area contributed by atoms with Crippen molar-refractivity contribution in [2.24, 2.45) is 0 Å². The van der Waals surface area contributed by atoms with Gasteiger partial charge in [0.2, 0.25) is 5.91 Å². The molecule has 2 amide bonds. The molecule has 35 heavy (non-hydrogen) atoms. The number of piperazine rings is 1. The molecule has 8 heteroatoms. The molecule has 1 aromatic heterocycles. The summed E-state index contributed by atoms with van der Waals surface area (Å²) in [6.45, 7) is 10.2. The Morgan fingerprint density at radius 3 is 2.43 bits per heavy atom. The van der Waals surface area contributed by atoms with E-state index < -0.39 is 17.7 Å². The highest BCUT2D eigenvalue weighted by Gasteiger charge is 2.31. The van der Waals surface area contributed by atoms with Gasteiger partial charge in [0.05, 0.1) is 10.2 Å². The van der Waals surface area contributed by atoms with Gasteiger partial charge in [0, 0.05) is 32.6 Å². The van der Waals surface area contributed by atoms with Crippen LogP contribution in [0.3, 0.4) is 0 Å². The smallest absolute Gasteiger partial charge is 0.408 e. The van der Waals surface area contributed by atoms with Gasteiger partial charge in [-0.05, 0) is 50.5 Å². The predicted molar refractivity (Wildman–Crippen MR) is 141 cm³/mol. The van der Waals surface area contributed by atoms with Crippen LogP contribution in [0, 0.1) is 0 Å². The van der Waals surface area contributed by atoms with E-state index in [-0.39, 0.29) is 5.91 Å². The van der Waals surface area contributed by atoms with Gasteiger partial charge in [0.25, 0.3) is 0 Å². The molecule has 0 saturated carbocycles. The zero-order chi connectivity index (χ0) is 25.0. The number of nitrogens with one attached hydrogen (secondary N) is 1. The molecule has 1 atom stereocenters. The molecule has 1 unspecified atom stereocenters. The number of aryl methyl sites for hydroxylation is 1. The number of carbonyl (C=O) groups is 2. The molecule has 0 bridgehead atoms. The minimum Gasteiger partial charge on any atom is -0.444 e. The molecule has 1 fully saturated rings. The molecule has 186 valence electrons. The molecular weight excluding hydrogens is 460 g/mol. The van der Waals surface area contributed by atoms with Crippen LogP contribution in [0.15, 0.2) is 48.5 Å². The SMILES string of the molecule is CCc1ccc2nc(N3CCN(C(=O)C(Cc4ccccc4)NC(=O)OC(C)(C)C)CC3)sc2c1. The first kappa shape index (κ1) is 25.0. The van der Waals surface area contributed by atoms with E-state index in [1.165, 1.54) is 10.3 Å². The lowest BCUT2D eigenvalue weighted by molar-refractivity contribution is -0.133. The highest BCUT2D eigenvalue weighted by molar-refractivity contribution is 7.22. The highest BCUT2D eigenvalue weighted by atomic mass is 32.1. The summed E-state index contributed by atoms with van der Waals surface area (Å²) < 4.78 is 6.62. The van der Waals surface area contributed by atoms with Crippen molar-refractivity contribution in [2.45, 2.75) is 52.2 Å². The number of amides is 2. The van der Waals surface area contributed by atoms with E-state index in [4.69, 9.17) is 9.72 Å². The Balaban J connectivity index is 1.42. The van der Waals surface area contributed by atoms with Crippen molar-refractivity contribution in [1.82, 2.24) is 15.2 Å². The monoisotopic (exact) mass is 494 g/mol. The number of nitrogens with zero attached hydrogens (tertiary/aromatic N) is 3. The first-order valence-electron chi connectivity index (χ1n) is 12.2. The molecule has 0 aliphatic carbocycles. The second-order valence-corrected chi connectivity index (χ2v) is 10.9. The van der Waals surface area contributed by atoms with Gasteiger partial charge in [0.15, 0.2) is 5.13 Å². The number of carbonyl (C=O) groups excluding carboxylic acids is 2. The van der Waals surface area contributed by atoms with Crippen molar-refractivity contribution in [1.29, 1.82) is 0 Å². The van der Waals surface area contributed by atoms with Gasteiger partial charge in [-0.2, -0.15) is 0 Å². The third-order valence-electron chi connectivity index (χ3n) is 5.98. The number of ether oxygens (including phenoxy) is 1. The zero-order valence-electron chi connectivity index (χ0n) is 20.9. The maximum Gasteiger partial charge on any atom is 0.408 e. The number of aromatic nitrogens is 1. The van der Waals surface area contributed by atoms with Crippen LogP contribution in [0.4, 0.5) is 9.93 Å². The standard InChI is InChI=1S/C27H34N4O3S/c1-5-19-11-12-21-23(18-19)35-25(28-21)31-15-13-30(14-16-31)24(32)22(17-20-9-7-6-8-10-20)29-26(33)34-27(2,3)4/h6-12,18,22H,5,13-17H2,1-4H3,(H,29,33). The fourth-order valence-electron chi connectivity index (χ4n) is 4.15. The lowest BCUT2D eigenvalue weighted by Gasteiger charge is -2.36. The van der Waals surface area contributed by atoms with E-state index in [1.54, 1.807) is 11.3 Å². The van der Waals surface area contributed by atoms with Gasteiger partial charge in [-0.15, -0.1) is 0 Å². The first-order chi connectivity index (χ1) is 16.7. The predicted octanol–water partition coefficient (Wildman–Crippen LogP) is 4.64. The van der Waals surface area contributed by atoms with E-state index in [2.05, 4.69) is 35.3 Å². The Morgan fingerprint density at radius 2 is 1.77 bits per heavy atom. The second kappa shape index (κ2) is 10.6. The molecular formula is C27H34N4O3S. The fourth-order valence-corrected chi connectivity index (χ4v) is 5.23. The second-order valence-electron chi connectivity index (χ2n) is 9.85. The third-order valence-corrected chi connectivity index (χ3v) is 7.06. The average molecular weight is 495 g/mol. The molecule has 7 nitrogen and oxygen atoms in total. The van der Waals surface area contributed by atoms with Crippen LogP contribution in [0.2, 0.25) is 0 Å². The van der Waals surface area contributed by atoms with Crippen molar-refractivity contribution in [2.75, 3.05) is 31.1 Å². The van der Waals surface area contributed by atoms with Crippen LogP contribution in [-0.4, -0.2) is 59.7 Å². The minimum atomic E-state index is -0.686. The van der Waals surface area contributed by atoms with E-state index in [9.17, 15) is 9.59 Å². The summed E-state index contributed by atoms with van der Waals surface area (Å²) in [7, 11) is 0. The summed E-state index contributed by atoms with van der Waals surface area (Å²) >= 11 is 1.70. The summed E-state index contributed by atoms with van der Waals surface area (Å²) in [5, 5.41) is 3.81. The number of hydrogen-bond donors (Lipinski definition) is 1. The van der Waals surface area contributed by atoms with Crippen LogP contribution in [0.25, 0.3) is 10.2 Å². The average Bonchev–Trinajstić information content (AvgIpc) is 3.26. The summed E-state index contributed by atoms with van der Waals surface area (Å²) in [5.74, 6) is -0.0868. The van der Waals surface area contributed by atoms with Gasteiger partial charge in [0.1, 0.15) is 11.6 Å². The summed E-state index contributed by atoms with van der Waals surface area (Å²) in [6, 6.07) is 15.5. The van der Waals surface area contributed by atoms with Crippen LogP contribution >= 0.6 is 11.3 Å². The number of anilines is 1. The number of fused-ring (bicyclic) bond motifs is 1. The van der Waals surface area contributed by atoms with Crippen LogP contribution < -0.4 is 10.2 Å². The Hall–Kier alpha value is -3.13. The largest absolute Gasteiger partial charge is 0.444 e. The molecule has 1 saturated heterocycles. The molecule has 4 rings (SSSR count). The molecule has 2 heterocycles. The Morgan fingerprint density at radius 1 is 1.06 bits per heavy atom. The van der Waals surface area contributed by atoms with Gasteiger partial charge in [-0.3, -0.25) is 4.79 Å². The normalized spacial score (nSPS) is 15.2. The van der Waals surface area contributed by atoms with Crippen molar-refractivity contribution < 1.29 is 14.3 Å². The molecule has 1 aliphatic heterocycles. The summed E-state index contributed by atoms with van der Waals surface area (Å²) in [6.07, 6.45) is 0.841. The minimum absolute atomic E-state index is 0.0868. The van der Waals surface area contributed by atoms with Gasteiger partial charge in [-0.25, -0.2) is 9.78 Å². The van der Waals surface area contributed by atoms with Gasteiger partial charge in [-0.1, -0.05) is 54.7 Å². The van der Waals surface area contributed by atoms with E-state index in [1.807, 2.05) is 56.0 Å². The molecule has 3 aromatic rings. The van der Waals surface area contributed by atoms with Crippen molar-refractivity contribution in [3.8, 4) is 0 Å². The number of thiazole rings is 1. The van der Waals surface area contributed by atoms with Crippen LogP contribution in [0.1, 0.15) is 38.8 Å². The van der Waals surface area contributed by atoms with Crippen LogP contribution in [-0.2, 0) is 22.4 Å². The number of rotatable bonds is 6. The lowest BCUT2D eigenvalue weighted by atomic mass is 10.0. The van der Waals surface area contributed by atoms with Gasteiger partial charge >= 0.3 is 6.09 Å². The Bertz CT molecular complexity index is 1160. The van der Waals surface area contributed by atoms with E-state index >= 15 is 0 Å². The van der Waals surface area contributed by atoms with E-state index in [0.29, 0.717) is 32.6 Å².